The number of rotatable bonds is 8. The van der Waals surface area contributed by atoms with E-state index < -0.39 is 0 Å². The van der Waals surface area contributed by atoms with Crippen molar-refractivity contribution in [1.29, 1.82) is 0 Å². The number of nitrogens with one attached hydrogen (secondary N) is 2. The van der Waals surface area contributed by atoms with E-state index in [0.717, 1.165) is 30.8 Å². The average Bonchev–Trinajstić information content (AvgIpc) is 2.87. The van der Waals surface area contributed by atoms with Gasteiger partial charge in [0.2, 0.25) is 5.88 Å². The summed E-state index contributed by atoms with van der Waals surface area (Å²) < 4.78 is 11.4. The van der Waals surface area contributed by atoms with E-state index in [2.05, 4.69) is 27.8 Å². The first-order valence-electron chi connectivity index (χ1n) is 8.31. The first-order valence-corrected chi connectivity index (χ1v) is 8.31. The second-order valence-electron chi connectivity index (χ2n) is 5.57. The van der Waals surface area contributed by atoms with Crippen molar-refractivity contribution < 1.29 is 9.47 Å². The molecule has 1 aromatic carbocycles. The molecule has 126 valence electrons. The van der Waals surface area contributed by atoms with Gasteiger partial charge in [0.15, 0.2) is 0 Å². The SMILES string of the molecule is C1=Cc2ccc(OCCCCOCc3ccccc3)nc2NCN1. The van der Waals surface area contributed by atoms with E-state index in [1.54, 1.807) is 0 Å². The zero-order valence-corrected chi connectivity index (χ0v) is 13.7. The highest BCUT2D eigenvalue weighted by Gasteiger charge is 2.06. The van der Waals surface area contributed by atoms with E-state index in [4.69, 9.17) is 9.47 Å². The van der Waals surface area contributed by atoms with Gasteiger partial charge in [-0.15, -0.1) is 0 Å². The zero-order valence-electron chi connectivity index (χ0n) is 13.7. The molecule has 1 aliphatic heterocycles. The van der Waals surface area contributed by atoms with Gasteiger partial charge < -0.3 is 20.1 Å². The second-order valence-corrected chi connectivity index (χ2v) is 5.57. The van der Waals surface area contributed by atoms with Crippen LogP contribution in [-0.4, -0.2) is 24.9 Å². The van der Waals surface area contributed by atoms with Crippen LogP contribution in [0.3, 0.4) is 0 Å². The van der Waals surface area contributed by atoms with Gasteiger partial charge in [0.05, 0.1) is 19.9 Å². The van der Waals surface area contributed by atoms with Crippen LogP contribution in [0.4, 0.5) is 5.82 Å². The highest BCUT2D eigenvalue weighted by Crippen LogP contribution is 2.20. The first kappa shape index (κ1) is 16.3. The minimum absolute atomic E-state index is 0.647. The molecule has 24 heavy (non-hydrogen) atoms. The maximum absolute atomic E-state index is 5.73. The highest BCUT2D eigenvalue weighted by molar-refractivity contribution is 5.64. The van der Waals surface area contributed by atoms with Crippen molar-refractivity contribution in [3.63, 3.8) is 0 Å². The minimum Gasteiger partial charge on any atom is -0.478 e. The van der Waals surface area contributed by atoms with Crippen LogP contribution < -0.4 is 15.4 Å². The molecule has 0 saturated heterocycles. The summed E-state index contributed by atoms with van der Waals surface area (Å²) in [6, 6.07) is 14.1. The van der Waals surface area contributed by atoms with Crippen molar-refractivity contribution in [3.05, 3.63) is 59.8 Å². The molecule has 0 amide bonds. The van der Waals surface area contributed by atoms with E-state index in [1.807, 2.05) is 42.6 Å². The molecule has 2 aromatic rings. The molecule has 5 nitrogen and oxygen atoms in total. The molecule has 5 heteroatoms. The summed E-state index contributed by atoms with van der Waals surface area (Å²) in [6.07, 6.45) is 5.83. The van der Waals surface area contributed by atoms with Crippen molar-refractivity contribution in [1.82, 2.24) is 10.3 Å². The smallest absolute Gasteiger partial charge is 0.215 e. The predicted molar refractivity (Wildman–Crippen MR) is 95.7 cm³/mol. The largest absolute Gasteiger partial charge is 0.478 e. The van der Waals surface area contributed by atoms with Crippen LogP contribution in [0.2, 0.25) is 0 Å². The first-order chi connectivity index (χ1) is 11.9. The molecular formula is C19H23N3O2. The number of hydrogen-bond donors (Lipinski definition) is 2. The molecular weight excluding hydrogens is 302 g/mol. The maximum Gasteiger partial charge on any atom is 0.215 e. The standard InChI is InChI=1S/C19H23N3O2/c1-2-6-16(7-3-1)14-23-12-4-5-13-24-18-9-8-17-10-11-20-15-21-19(17)22-18/h1-3,6-11,20H,4-5,12-15H2,(H,21,22). The quantitative estimate of drug-likeness (QED) is 0.729. The van der Waals surface area contributed by atoms with Crippen LogP contribution >= 0.6 is 0 Å². The molecule has 2 heterocycles. The normalized spacial score (nSPS) is 12.7. The number of hydrogen-bond acceptors (Lipinski definition) is 5. The molecule has 2 N–H and O–H groups in total. The molecule has 0 atom stereocenters. The summed E-state index contributed by atoms with van der Waals surface area (Å²) in [7, 11) is 0. The zero-order chi connectivity index (χ0) is 16.5. The van der Waals surface area contributed by atoms with E-state index >= 15 is 0 Å². The number of pyridine rings is 1. The van der Waals surface area contributed by atoms with Crippen molar-refractivity contribution in [2.45, 2.75) is 19.4 Å². The van der Waals surface area contributed by atoms with Gasteiger partial charge in [-0.1, -0.05) is 30.3 Å². The topological polar surface area (TPSA) is 55.4 Å². The maximum atomic E-state index is 5.73. The molecule has 3 rings (SSSR count). The van der Waals surface area contributed by atoms with Gasteiger partial charge in [0, 0.05) is 18.2 Å². The Morgan fingerprint density at radius 3 is 2.79 bits per heavy atom. The number of aromatic nitrogens is 1. The van der Waals surface area contributed by atoms with Gasteiger partial charge in [-0.2, -0.15) is 4.98 Å². The predicted octanol–water partition coefficient (Wildman–Crippen LogP) is 3.40. The summed E-state index contributed by atoms with van der Waals surface area (Å²) in [4.78, 5) is 4.49. The van der Waals surface area contributed by atoms with E-state index in [-0.39, 0.29) is 0 Å². The van der Waals surface area contributed by atoms with Crippen LogP contribution in [0.1, 0.15) is 24.0 Å². The Bertz CT molecular complexity index is 659. The fourth-order valence-corrected chi connectivity index (χ4v) is 2.40. The lowest BCUT2D eigenvalue weighted by Gasteiger charge is -2.10. The Kier molecular flexibility index (Phi) is 6.08. The summed E-state index contributed by atoms with van der Waals surface area (Å²) in [5, 5.41) is 6.33. The molecule has 0 fully saturated rings. The lowest BCUT2D eigenvalue weighted by molar-refractivity contribution is 0.113. The average molecular weight is 325 g/mol. The molecule has 0 radical (unpaired) electrons. The number of nitrogens with zero attached hydrogens (tertiary/aromatic N) is 1. The van der Waals surface area contributed by atoms with Crippen LogP contribution in [0.5, 0.6) is 5.88 Å². The Hall–Kier alpha value is -2.53. The Balaban J connectivity index is 1.32. The summed E-state index contributed by atoms with van der Waals surface area (Å²) in [5.74, 6) is 1.50. The molecule has 0 spiro atoms. The Morgan fingerprint density at radius 1 is 1.00 bits per heavy atom. The van der Waals surface area contributed by atoms with Gasteiger partial charge in [0.1, 0.15) is 5.82 Å². The van der Waals surface area contributed by atoms with Gasteiger partial charge in [-0.25, -0.2) is 0 Å². The Morgan fingerprint density at radius 2 is 1.88 bits per heavy atom. The van der Waals surface area contributed by atoms with Gasteiger partial charge in [-0.05, 0) is 36.7 Å². The van der Waals surface area contributed by atoms with E-state index in [9.17, 15) is 0 Å². The molecule has 0 bridgehead atoms. The van der Waals surface area contributed by atoms with E-state index in [0.29, 0.717) is 25.8 Å². The van der Waals surface area contributed by atoms with Gasteiger partial charge in [0.25, 0.3) is 0 Å². The molecule has 1 aliphatic rings. The van der Waals surface area contributed by atoms with Crippen LogP contribution in [0, 0.1) is 0 Å². The summed E-state index contributed by atoms with van der Waals surface area (Å²) in [6.45, 7) is 2.72. The van der Waals surface area contributed by atoms with Gasteiger partial charge in [-0.3, -0.25) is 0 Å². The Labute approximate surface area is 142 Å². The lowest BCUT2D eigenvalue weighted by Crippen LogP contribution is -2.15. The third kappa shape index (κ3) is 4.99. The number of anilines is 1. The van der Waals surface area contributed by atoms with Crippen LogP contribution in [0.25, 0.3) is 6.08 Å². The van der Waals surface area contributed by atoms with Crippen LogP contribution in [-0.2, 0) is 11.3 Å². The third-order valence-electron chi connectivity index (χ3n) is 3.68. The lowest BCUT2D eigenvalue weighted by atomic mass is 10.2. The number of fused-ring (bicyclic) bond motifs is 1. The van der Waals surface area contributed by atoms with Crippen molar-refractivity contribution in [3.8, 4) is 5.88 Å². The molecule has 1 aromatic heterocycles. The number of unbranched alkanes of at least 4 members (excludes halogenated alkanes) is 1. The van der Waals surface area contributed by atoms with Crippen molar-refractivity contribution in [2.24, 2.45) is 0 Å². The molecule has 0 unspecified atom stereocenters. The third-order valence-corrected chi connectivity index (χ3v) is 3.68. The summed E-state index contributed by atoms with van der Waals surface area (Å²) in [5.41, 5.74) is 2.26. The fraction of sp³-hybridized carbons (Fsp3) is 0.316. The highest BCUT2D eigenvalue weighted by atomic mass is 16.5. The number of ether oxygens (including phenoxy) is 2. The minimum atomic E-state index is 0.647. The van der Waals surface area contributed by atoms with Crippen molar-refractivity contribution >= 4 is 11.9 Å². The fourth-order valence-electron chi connectivity index (χ4n) is 2.40. The monoisotopic (exact) mass is 325 g/mol. The molecule has 0 aliphatic carbocycles. The van der Waals surface area contributed by atoms with Gasteiger partial charge >= 0.3 is 0 Å². The second kappa shape index (κ2) is 8.93. The van der Waals surface area contributed by atoms with Crippen molar-refractivity contribution in [2.75, 3.05) is 25.2 Å². The number of benzene rings is 1. The summed E-state index contributed by atoms with van der Waals surface area (Å²) >= 11 is 0. The molecule has 0 saturated carbocycles. The van der Waals surface area contributed by atoms with E-state index in [1.165, 1.54) is 5.56 Å². The van der Waals surface area contributed by atoms with Crippen LogP contribution in [0.15, 0.2) is 48.7 Å².